The Hall–Kier alpha value is -1.77. The molecule has 0 saturated carbocycles. The van der Waals surface area contributed by atoms with Crippen molar-refractivity contribution in [2.24, 2.45) is 11.8 Å². The van der Waals surface area contributed by atoms with Crippen LogP contribution in [-0.2, 0) is 9.59 Å². The number of Topliss-reactive ketones (excluding diaryl/α,β-unsaturated/α-hetero) is 1. The van der Waals surface area contributed by atoms with Gasteiger partial charge in [-0.3, -0.25) is 4.79 Å². The second-order valence-electron chi connectivity index (χ2n) is 3.37. The highest BCUT2D eigenvalue weighted by Gasteiger charge is 2.23. The van der Waals surface area contributed by atoms with Crippen molar-refractivity contribution in [2.75, 3.05) is 0 Å². The molecule has 0 aliphatic heterocycles. The van der Waals surface area contributed by atoms with Gasteiger partial charge in [-0.05, 0) is 0 Å². The normalized spacial score (nSPS) is 12.1. The number of ketones is 1. The van der Waals surface area contributed by atoms with E-state index in [1.165, 1.54) is 0 Å². The minimum absolute atomic E-state index is 0.181. The van der Waals surface area contributed by atoms with Gasteiger partial charge in [-0.15, -0.1) is 0 Å². The summed E-state index contributed by atoms with van der Waals surface area (Å²) in [6.45, 7) is 1.59. The molecule has 1 aromatic carbocycles. The van der Waals surface area contributed by atoms with Gasteiger partial charge in [-0.25, -0.2) is 0 Å². The molecular formula is C12H12O3. The van der Waals surface area contributed by atoms with E-state index in [0.717, 1.165) is 0 Å². The van der Waals surface area contributed by atoms with Crippen LogP contribution in [0.4, 0.5) is 0 Å². The summed E-state index contributed by atoms with van der Waals surface area (Å²) in [5.41, 5.74) is 0.527. The molecule has 1 atom stereocenters. The van der Waals surface area contributed by atoms with Crippen molar-refractivity contribution in [2.45, 2.75) is 6.92 Å². The SMILES string of the molecule is CC(C(=O)c1ccccc1)C(C=O)C=O. The molecule has 0 fully saturated rings. The third-order valence-corrected chi connectivity index (χ3v) is 2.36. The lowest BCUT2D eigenvalue weighted by molar-refractivity contribution is -0.120. The van der Waals surface area contributed by atoms with Crippen molar-refractivity contribution in [3.8, 4) is 0 Å². The second-order valence-corrected chi connectivity index (χ2v) is 3.37. The van der Waals surface area contributed by atoms with Crippen molar-refractivity contribution >= 4 is 18.4 Å². The van der Waals surface area contributed by atoms with Crippen LogP contribution in [-0.4, -0.2) is 18.4 Å². The summed E-state index contributed by atoms with van der Waals surface area (Å²) in [6, 6.07) is 8.64. The lowest BCUT2D eigenvalue weighted by Gasteiger charge is -2.11. The lowest BCUT2D eigenvalue weighted by Crippen LogP contribution is -2.23. The molecule has 1 aromatic rings. The topological polar surface area (TPSA) is 51.2 Å². The van der Waals surface area contributed by atoms with Crippen molar-refractivity contribution in [1.29, 1.82) is 0 Å². The van der Waals surface area contributed by atoms with Gasteiger partial charge in [-0.2, -0.15) is 0 Å². The Morgan fingerprint density at radius 1 is 1.13 bits per heavy atom. The second kappa shape index (κ2) is 5.20. The van der Waals surface area contributed by atoms with Crippen LogP contribution < -0.4 is 0 Å². The fraction of sp³-hybridized carbons (Fsp3) is 0.250. The van der Waals surface area contributed by atoms with Gasteiger partial charge in [0.2, 0.25) is 0 Å². The Morgan fingerprint density at radius 3 is 2.13 bits per heavy atom. The Kier molecular flexibility index (Phi) is 3.92. The molecule has 0 aromatic heterocycles. The largest absolute Gasteiger partial charge is 0.303 e. The highest BCUT2D eigenvalue weighted by molar-refractivity contribution is 6.01. The third-order valence-electron chi connectivity index (χ3n) is 2.36. The van der Waals surface area contributed by atoms with Gasteiger partial charge in [0, 0.05) is 11.5 Å². The molecule has 78 valence electrons. The van der Waals surface area contributed by atoms with E-state index in [4.69, 9.17) is 0 Å². The molecular weight excluding hydrogens is 192 g/mol. The summed E-state index contributed by atoms with van der Waals surface area (Å²) < 4.78 is 0. The number of aldehydes is 2. The fourth-order valence-corrected chi connectivity index (χ4v) is 1.31. The molecule has 0 radical (unpaired) electrons. The van der Waals surface area contributed by atoms with Gasteiger partial charge < -0.3 is 9.59 Å². The molecule has 3 heteroatoms. The summed E-state index contributed by atoms with van der Waals surface area (Å²) in [4.78, 5) is 32.8. The smallest absolute Gasteiger partial charge is 0.166 e. The van der Waals surface area contributed by atoms with E-state index < -0.39 is 11.8 Å². The minimum atomic E-state index is -0.849. The molecule has 0 bridgehead atoms. The lowest BCUT2D eigenvalue weighted by atomic mass is 9.89. The molecule has 3 nitrogen and oxygen atoms in total. The van der Waals surface area contributed by atoms with Crippen LogP contribution >= 0.6 is 0 Å². The van der Waals surface area contributed by atoms with Crippen LogP contribution in [0.15, 0.2) is 30.3 Å². The molecule has 0 heterocycles. The Labute approximate surface area is 88.1 Å². The van der Waals surface area contributed by atoms with E-state index >= 15 is 0 Å². The Morgan fingerprint density at radius 2 is 1.67 bits per heavy atom. The van der Waals surface area contributed by atoms with Gasteiger partial charge in [0.25, 0.3) is 0 Å². The van der Waals surface area contributed by atoms with E-state index in [2.05, 4.69) is 0 Å². The highest BCUT2D eigenvalue weighted by Crippen LogP contribution is 2.14. The van der Waals surface area contributed by atoms with Gasteiger partial charge in [0.1, 0.15) is 12.6 Å². The van der Waals surface area contributed by atoms with E-state index in [9.17, 15) is 14.4 Å². The Bertz CT molecular complexity index is 348. The van der Waals surface area contributed by atoms with Crippen LogP contribution in [0.25, 0.3) is 0 Å². The molecule has 0 aliphatic rings. The van der Waals surface area contributed by atoms with Gasteiger partial charge >= 0.3 is 0 Å². The summed E-state index contributed by atoms with van der Waals surface area (Å²) >= 11 is 0. The van der Waals surface area contributed by atoms with Crippen LogP contribution in [0.2, 0.25) is 0 Å². The first-order chi connectivity index (χ1) is 7.20. The highest BCUT2D eigenvalue weighted by atomic mass is 16.1. The first kappa shape index (κ1) is 11.3. The quantitative estimate of drug-likeness (QED) is 0.415. The first-order valence-electron chi connectivity index (χ1n) is 4.70. The monoisotopic (exact) mass is 204 g/mol. The van der Waals surface area contributed by atoms with Gasteiger partial charge in [0.05, 0.1) is 5.92 Å². The van der Waals surface area contributed by atoms with E-state index in [-0.39, 0.29) is 5.78 Å². The number of benzene rings is 1. The zero-order valence-corrected chi connectivity index (χ0v) is 8.42. The van der Waals surface area contributed by atoms with Crippen LogP contribution in [0.5, 0.6) is 0 Å². The van der Waals surface area contributed by atoms with E-state index in [0.29, 0.717) is 18.1 Å². The number of hydrogen-bond acceptors (Lipinski definition) is 3. The van der Waals surface area contributed by atoms with E-state index in [1.54, 1.807) is 37.3 Å². The summed E-state index contributed by atoms with van der Waals surface area (Å²) in [7, 11) is 0. The summed E-state index contributed by atoms with van der Waals surface area (Å²) in [5.74, 6) is -1.63. The number of rotatable bonds is 5. The standard InChI is InChI=1S/C12H12O3/c1-9(11(7-13)8-14)12(15)10-5-3-2-4-6-10/h2-9,11H,1H3. The predicted molar refractivity (Wildman–Crippen MR) is 55.6 cm³/mol. The molecule has 15 heavy (non-hydrogen) atoms. The van der Waals surface area contributed by atoms with Crippen molar-refractivity contribution < 1.29 is 14.4 Å². The minimum Gasteiger partial charge on any atom is -0.303 e. The van der Waals surface area contributed by atoms with Crippen molar-refractivity contribution in [3.63, 3.8) is 0 Å². The molecule has 0 amide bonds. The summed E-state index contributed by atoms with van der Waals surface area (Å²) in [6.07, 6.45) is 1.02. The maximum Gasteiger partial charge on any atom is 0.166 e. The molecule has 1 rings (SSSR count). The average Bonchev–Trinajstić information content (AvgIpc) is 2.30. The molecule has 0 aliphatic carbocycles. The molecule has 0 spiro atoms. The van der Waals surface area contributed by atoms with Crippen LogP contribution in [0.3, 0.4) is 0 Å². The number of carbonyl (C=O) groups is 3. The van der Waals surface area contributed by atoms with E-state index in [1.807, 2.05) is 0 Å². The average molecular weight is 204 g/mol. The van der Waals surface area contributed by atoms with Gasteiger partial charge in [0.15, 0.2) is 5.78 Å². The van der Waals surface area contributed by atoms with Crippen LogP contribution in [0.1, 0.15) is 17.3 Å². The first-order valence-corrected chi connectivity index (χ1v) is 4.70. The number of hydrogen-bond donors (Lipinski definition) is 0. The van der Waals surface area contributed by atoms with Crippen molar-refractivity contribution in [1.82, 2.24) is 0 Å². The fourth-order valence-electron chi connectivity index (χ4n) is 1.31. The maximum absolute atomic E-state index is 11.8. The van der Waals surface area contributed by atoms with Crippen molar-refractivity contribution in [3.05, 3.63) is 35.9 Å². The Balaban J connectivity index is 2.85. The van der Waals surface area contributed by atoms with Gasteiger partial charge in [-0.1, -0.05) is 37.3 Å². The van der Waals surface area contributed by atoms with Crippen LogP contribution in [0, 0.1) is 11.8 Å². The zero-order chi connectivity index (χ0) is 11.3. The zero-order valence-electron chi connectivity index (χ0n) is 8.42. The third kappa shape index (κ3) is 2.59. The summed E-state index contributed by atoms with van der Waals surface area (Å²) in [5, 5.41) is 0. The number of carbonyl (C=O) groups excluding carboxylic acids is 3. The predicted octanol–water partition coefficient (Wildman–Crippen LogP) is 1.52. The molecule has 0 N–H and O–H groups in total. The maximum atomic E-state index is 11.8. The molecule has 1 unspecified atom stereocenters. The molecule has 0 saturated heterocycles.